The molecular weight excluding hydrogens is 379 g/mol. The van der Waals surface area contributed by atoms with Gasteiger partial charge >= 0.3 is 0 Å². The molecule has 2 aromatic heterocycles. The summed E-state index contributed by atoms with van der Waals surface area (Å²) in [6, 6.07) is 11.8. The molecule has 1 aliphatic rings. The van der Waals surface area contributed by atoms with Crippen molar-refractivity contribution in [3.05, 3.63) is 59.2 Å². The van der Waals surface area contributed by atoms with Crippen LogP contribution in [0.3, 0.4) is 0 Å². The molecule has 0 amide bonds. The molecule has 1 fully saturated rings. The number of nitrogens with zero attached hydrogens (tertiary/aromatic N) is 3. The van der Waals surface area contributed by atoms with Gasteiger partial charge in [-0.1, -0.05) is 12.1 Å². The van der Waals surface area contributed by atoms with E-state index in [-0.39, 0.29) is 16.8 Å². The number of hydrogen-bond donors (Lipinski definition) is 0. The summed E-state index contributed by atoms with van der Waals surface area (Å²) in [6.45, 7) is 6.82. The molecule has 4 rings (SSSR count). The summed E-state index contributed by atoms with van der Waals surface area (Å²) in [5, 5.41) is 0. The summed E-state index contributed by atoms with van der Waals surface area (Å²) in [7, 11) is 2.21. The van der Waals surface area contributed by atoms with E-state index >= 15 is 0 Å². The molecule has 1 aromatic carbocycles. The maximum atomic E-state index is 4.69. The number of piperidine rings is 1. The number of aromatic amines is 1. The van der Waals surface area contributed by atoms with Crippen LogP contribution in [0, 0.1) is 19.9 Å². The summed E-state index contributed by atoms with van der Waals surface area (Å²) >= 11 is 0. The number of fused-ring (bicyclic) bond motifs is 1. The van der Waals surface area contributed by atoms with Crippen molar-refractivity contribution in [3.63, 3.8) is 0 Å². The molecule has 4 nitrogen and oxygen atoms in total. The Morgan fingerprint density at radius 2 is 2.00 bits per heavy atom. The quantitative estimate of drug-likeness (QED) is 0.623. The van der Waals surface area contributed by atoms with E-state index in [9.17, 15) is 0 Å². The molecule has 143 valence electrons. The van der Waals surface area contributed by atoms with Gasteiger partial charge < -0.3 is 14.5 Å². The van der Waals surface area contributed by atoms with Crippen LogP contribution in [-0.2, 0) is 16.8 Å². The predicted octanol–water partition coefficient (Wildman–Crippen LogP) is 3.70. The summed E-state index contributed by atoms with van der Waals surface area (Å²) in [5.41, 5.74) is 6.88. The van der Waals surface area contributed by atoms with Gasteiger partial charge in [-0.3, -0.25) is 0 Å². The Hall–Kier alpha value is -1.95. The SMILES string of the molecule is Cc1cc(/C=C/c2c[nH+]c3cc[c-]cc3n2)c(C)n1C1CCN(C)CC1.[Co]. The molecule has 3 heterocycles. The number of hydrogen-bond acceptors (Lipinski definition) is 2. The van der Waals surface area contributed by atoms with E-state index in [4.69, 9.17) is 0 Å². The third-order valence-corrected chi connectivity index (χ3v) is 5.48. The van der Waals surface area contributed by atoms with Gasteiger partial charge in [-0.2, -0.15) is 12.1 Å². The van der Waals surface area contributed by atoms with Gasteiger partial charge in [-0.05, 0) is 64.5 Å². The molecule has 5 heteroatoms. The van der Waals surface area contributed by atoms with Crippen molar-refractivity contribution in [1.82, 2.24) is 14.5 Å². The molecule has 0 atom stereocenters. The van der Waals surface area contributed by atoms with Crippen LogP contribution in [0.4, 0.5) is 0 Å². The average molecular weight is 405 g/mol. The van der Waals surface area contributed by atoms with E-state index in [1.165, 1.54) is 42.9 Å². The fourth-order valence-corrected chi connectivity index (χ4v) is 4.01. The Balaban J connectivity index is 0.00000210. The fourth-order valence-electron chi connectivity index (χ4n) is 4.01. The van der Waals surface area contributed by atoms with E-state index in [1.807, 2.05) is 24.4 Å². The zero-order valence-corrected chi connectivity index (χ0v) is 17.2. The van der Waals surface area contributed by atoms with E-state index in [2.05, 4.69) is 64.6 Å². The third-order valence-electron chi connectivity index (χ3n) is 5.48. The minimum absolute atomic E-state index is 0. The molecule has 0 aliphatic carbocycles. The van der Waals surface area contributed by atoms with E-state index in [0.29, 0.717) is 6.04 Å². The van der Waals surface area contributed by atoms with Crippen molar-refractivity contribution in [2.45, 2.75) is 32.7 Å². The molecule has 1 saturated heterocycles. The van der Waals surface area contributed by atoms with E-state index < -0.39 is 0 Å². The molecule has 1 N–H and O–H groups in total. The molecule has 27 heavy (non-hydrogen) atoms. The Labute approximate surface area is 171 Å². The first kappa shape index (κ1) is 19.8. The van der Waals surface area contributed by atoms with Gasteiger partial charge in [0.2, 0.25) is 0 Å². The second-order valence-electron chi connectivity index (χ2n) is 7.33. The first-order valence-corrected chi connectivity index (χ1v) is 9.35. The standard InChI is InChI=1S/C22H25N4.Co/c1-16-14-18(17(2)26(16)20-10-12-25(3)13-11-20)8-9-19-15-23-21-6-4-5-7-22(21)24-19;/h4,6-9,14-15,20H,10-13H2,1-3H3;/q-1;/p+1/b9-8+;. The molecular formula is C22H26CoN4. The number of nitrogens with one attached hydrogen (secondary N) is 1. The Morgan fingerprint density at radius 1 is 1.22 bits per heavy atom. The van der Waals surface area contributed by atoms with Crippen LogP contribution < -0.4 is 4.98 Å². The monoisotopic (exact) mass is 405 g/mol. The fraction of sp³-hybridized carbons (Fsp3) is 0.364. The van der Waals surface area contributed by atoms with Gasteiger partial charge in [0.1, 0.15) is 11.2 Å². The van der Waals surface area contributed by atoms with Crippen LogP contribution in [0.2, 0.25) is 0 Å². The van der Waals surface area contributed by atoms with Crippen LogP contribution in [0.5, 0.6) is 0 Å². The van der Waals surface area contributed by atoms with Crippen molar-refractivity contribution in [2.24, 2.45) is 0 Å². The number of aryl methyl sites for hydroxylation is 1. The van der Waals surface area contributed by atoms with E-state index in [1.54, 1.807) is 0 Å². The van der Waals surface area contributed by atoms with Crippen LogP contribution in [0.15, 0.2) is 30.5 Å². The number of likely N-dealkylation sites (tertiary alicyclic amines) is 1. The van der Waals surface area contributed by atoms with Crippen LogP contribution in [0.1, 0.15) is 41.5 Å². The van der Waals surface area contributed by atoms with Crippen LogP contribution >= 0.6 is 0 Å². The van der Waals surface area contributed by atoms with E-state index in [0.717, 1.165) is 16.7 Å². The third kappa shape index (κ3) is 4.15. The predicted molar refractivity (Wildman–Crippen MR) is 106 cm³/mol. The van der Waals surface area contributed by atoms with Crippen molar-refractivity contribution in [2.75, 3.05) is 20.1 Å². The molecule has 0 saturated carbocycles. The Bertz CT molecular complexity index is 952. The average Bonchev–Trinajstić information content (AvgIpc) is 2.94. The molecule has 0 spiro atoms. The summed E-state index contributed by atoms with van der Waals surface area (Å²) in [4.78, 5) is 10.4. The van der Waals surface area contributed by atoms with Gasteiger partial charge in [0, 0.05) is 39.7 Å². The largest absolute Gasteiger partial charge is 0.345 e. The second-order valence-corrected chi connectivity index (χ2v) is 7.33. The zero-order valence-electron chi connectivity index (χ0n) is 16.1. The van der Waals surface area contributed by atoms with Crippen molar-refractivity contribution in [3.8, 4) is 0 Å². The molecule has 0 bridgehead atoms. The van der Waals surface area contributed by atoms with Crippen molar-refractivity contribution < 1.29 is 21.8 Å². The Morgan fingerprint density at radius 3 is 2.78 bits per heavy atom. The molecule has 1 aliphatic heterocycles. The number of benzene rings is 1. The maximum Gasteiger partial charge on any atom is 0.190 e. The first-order chi connectivity index (χ1) is 12.6. The van der Waals surface area contributed by atoms with Gasteiger partial charge in [0.25, 0.3) is 0 Å². The summed E-state index contributed by atoms with van der Waals surface area (Å²) < 4.78 is 2.53. The number of rotatable bonds is 3. The molecule has 1 radical (unpaired) electrons. The maximum absolute atomic E-state index is 4.69. The number of aromatic nitrogens is 3. The minimum Gasteiger partial charge on any atom is -0.345 e. The van der Waals surface area contributed by atoms with Crippen molar-refractivity contribution in [1.29, 1.82) is 0 Å². The second kappa shape index (κ2) is 8.38. The number of H-pyrrole nitrogens is 1. The topological polar surface area (TPSA) is 35.2 Å². The van der Waals surface area contributed by atoms with Crippen molar-refractivity contribution >= 4 is 23.2 Å². The van der Waals surface area contributed by atoms with Crippen LogP contribution in [-0.4, -0.2) is 34.6 Å². The van der Waals surface area contributed by atoms with Gasteiger partial charge in [0.15, 0.2) is 6.20 Å². The Kier molecular flexibility index (Phi) is 6.14. The normalized spacial score (nSPS) is 16.1. The zero-order chi connectivity index (χ0) is 18.1. The van der Waals surface area contributed by atoms with Gasteiger partial charge in [-0.25, -0.2) is 4.98 Å². The van der Waals surface area contributed by atoms with Crippen LogP contribution in [0.25, 0.3) is 23.2 Å². The molecule has 3 aromatic rings. The first-order valence-electron chi connectivity index (χ1n) is 9.35. The summed E-state index contributed by atoms with van der Waals surface area (Å²) in [6.07, 6.45) is 8.68. The smallest absolute Gasteiger partial charge is 0.190 e. The molecule has 0 unspecified atom stereocenters. The minimum atomic E-state index is 0. The summed E-state index contributed by atoms with van der Waals surface area (Å²) in [5.74, 6) is 0. The van der Waals surface area contributed by atoms with Gasteiger partial charge in [0.05, 0.1) is 0 Å². The van der Waals surface area contributed by atoms with Gasteiger partial charge in [-0.15, -0.1) is 6.07 Å².